The number of carbonyl (C=O) groups is 1. The summed E-state index contributed by atoms with van der Waals surface area (Å²) in [5.41, 5.74) is 7.69. The maximum atomic E-state index is 11.2. The van der Waals surface area contributed by atoms with E-state index in [4.69, 9.17) is 5.73 Å². The van der Waals surface area contributed by atoms with Crippen molar-refractivity contribution in [2.75, 3.05) is 11.1 Å². The van der Waals surface area contributed by atoms with Crippen LogP contribution in [0.15, 0.2) is 47.8 Å². The highest BCUT2D eigenvalue weighted by atomic mass is 32.1. The molecule has 4 N–H and O–H groups in total. The molecule has 0 aliphatic carbocycles. The van der Waals surface area contributed by atoms with Crippen molar-refractivity contribution in [3.63, 3.8) is 0 Å². The average molecular weight is 284 g/mol. The summed E-state index contributed by atoms with van der Waals surface area (Å²) in [7, 11) is 0. The monoisotopic (exact) mass is 284 g/mol. The summed E-state index contributed by atoms with van der Waals surface area (Å²) < 4.78 is 1.19. The minimum absolute atomic E-state index is 0.162. The molecule has 0 atom stereocenters. The van der Waals surface area contributed by atoms with Gasteiger partial charge < -0.3 is 16.2 Å². The largest absolute Gasteiger partial charge is 0.478 e. The molecule has 0 aliphatic heterocycles. The van der Waals surface area contributed by atoms with Gasteiger partial charge in [-0.25, -0.2) is 4.79 Å². The van der Waals surface area contributed by atoms with Gasteiger partial charge in [0.15, 0.2) is 0 Å². The van der Waals surface area contributed by atoms with Crippen LogP contribution in [-0.2, 0) is 0 Å². The molecule has 3 rings (SSSR count). The first-order chi connectivity index (χ1) is 9.65. The van der Waals surface area contributed by atoms with Crippen molar-refractivity contribution in [1.29, 1.82) is 0 Å². The maximum Gasteiger partial charge on any atom is 0.337 e. The zero-order chi connectivity index (χ0) is 14.1. The molecule has 0 amide bonds. The van der Waals surface area contributed by atoms with Crippen LogP contribution in [0.4, 0.5) is 17.1 Å². The van der Waals surface area contributed by atoms with Gasteiger partial charge in [0.25, 0.3) is 0 Å². The number of hydrogen-bond donors (Lipinski definition) is 3. The second-order valence-corrected chi connectivity index (χ2v) is 5.32. The van der Waals surface area contributed by atoms with Crippen LogP contribution in [0, 0.1) is 0 Å². The van der Waals surface area contributed by atoms with Crippen LogP contribution in [0.25, 0.3) is 10.1 Å². The summed E-state index contributed by atoms with van der Waals surface area (Å²) in [5, 5.41) is 15.5. The van der Waals surface area contributed by atoms with E-state index >= 15 is 0 Å². The number of nitrogens with two attached hydrogens (primary N) is 1. The molecule has 20 heavy (non-hydrogen) atoms. The first-order valence-corrected chi connectivity index (χ1v) is 6.89. The highest BCUT2D eigenvalue weighted by Gasteiger charge is 2.12. The topological polar surface area (TPSA) is 75.4 Å². The summed E-state index contributed by atoms with van der Waals surface area (Å²) in [6.07, 6.45) is 0. The van der Waals surface area contributed by atoms with E-state index in [-0.39, 0.29) is 5.56 Å². The Hall–Kier alpha value is -2.53. The van der Waals surface area contributed by atoms with Gasteiger partial charge in [-0.15, -0.1) is 11.3 Å². The first-order valence-electron chi connectivity index (χ1n) is 6.01. The number of hydrogen-bond acceptors (Lipinski definition) is 4. The molecule has 0 fully saturated rings. The lowest BCUT2D eigenvalue weighted by molar-refractivity contribution is 0.0698. The van der Waals surface area contributed by atoms with Crippen LogP contribution in [0.3, 0.4) is 0 Å². The van der Waals surface area contributed by atoms with Crippen LogP contribution in [0.1, 0.15) is 10.4 Å². The number of carboxylic acid groups (broad SMARTS) is 1. The number of nitrogen functional groups attached to an aromatic ring is 1. The fraction of sp³-hybridized carbons (Fsp3) is 0. The van der Waals surface area contributed by atoms with Crippen LogP contribution < -0.4 is 11.1 Å². The molecule has 0 unspecified atom stereocenters. The molecule has 0 aliphatic rings. The van der Waals surface area contributed by atoms with Crippen LogP contribution >= 0.6 is 11.3 Å². The number of nitrogens with one attached hydrogen (secondary N) is 1. The lowest BCUT2D eigenvalue weighted by atomic mass is 10.1. The van der Waals surface area contributed by atoms with Gasteiger partial charge in [-0.2, -0.15) is 0 Å². The number of aromatic carboxylic acids is 1. The molecule has 100 valence electrons. The maximum absolute atomic E-state index is 11.2. The summed E-state index contributed by atoms with van der Waals surface area (Å²) in [6, 6.07) is 12.8. The van der Waals surface area contributed by atoms with E-state index < -0.39 is 5.97 Å². The molecule has 0 saturated heterocycles. The number of anilines is 3. The van der Waals surface area contributed by atoms with E-state index in [9.17, 15) is 9.90 Å². The minimum Gasteiger partial charge on any atom is -0.478 e. The van der Waals surface area contributed by atoms with Gasteiger partial charge in [0.05, 0.1) is 16.9 Å². The number of para-hydroxylation sites is 1. The Balaban J connectivity index is 2.04. The number of rotatable bonds is 3. The summed E-state index contributed by atoms with van der Waals surface area (Å²) in [6.45, 7) is 0. The van der Waals surface area contributed by atoms with Crippen molar-refractivity contribution < 1.29 is 9.90 Å². The summed E-state index contributed by atoms with van der Waals surface area (Å²) in [5.74, 6) is -1.00. The highest BCUT2D eigenvalue weighted by Crippen LogP contribution is 2.30. The second-order valence-electron chi connectivity index (χ2n) is 4.37. The number of benzene rings is 2. The smallest absolute Gasteiger partial charge is 0.337 e. The van der Waals surface area contributed by atoms with Gasteiger partial charge in [-0.05, 0) is 47.2 Å². The van der Waals surface area contributed by atoms with Crippen molar-refractivity contribution in [2.45, 2.75) is 0 Å². The molecular formula is C15H12N2O2S. The van der Waals surface area contributed by atoms with Crippen molar-refractivity contribution >= 4 is 44.5 Å². The summed E-state index contributed by atoms with van der Waals surface area (Å²) >= 11 is 1.67. The molecule has 1 heterocycles. The average Bonchev–Trinajstić information content (AvgIpc) is 2.88. The lowest BCUT2D eigenvalue weighted by Gasteiger charge is -2.12. The molecule has 1 aromatic heterocycles. The zero-order valence-electron chi connectivity index (χ0n) is 10.5. The van der Waals surface area contributed by atoms with Gasteiger partial charge in [-0.1, -0.05) is 6.07 Å². The minimum atomic E-state index is -1.00. The van der Waals surface area contributed by atoms with E-state index in [1.54, 1.807) is 23.5 Å². The fourth-order valence-electron chi connectivity index (χ4n) is 2.08. The SMILES string of the molecule is Nc1cccc(C(=O)O)c1Nc1ccc2sccc2c1. The molecule has 5 heteroatoms. The number of fused-ring (bicyclic) bond motifs is 1. The molecule has 0 radical (unpaired) electrons. The third-order valence-corrected chi connectivity index (χ3v) is 3.95. The molecule has 3 aromatic rings. The Bertz CT molecular complexity index is 795. The lowest BCUT2D eigenvalue weighted by Crippen LogP contribution is -2.05. The molecule has 0 spiro atoms. The normalized spacial score (nSPS) is 10.6. The number of carboxylic acids is 1. The standard InChI is InChI=1S/C15H12N2O2S/c16-12-3-1-2-11(15(18)19)14(12)17-10-4-5-13-9(8-10)6-7-20-13/h1-8,17H,16H2,(H,18,19). The van der Waals surface area contributed by atoms with E-state index in [0.29, 0.717) is 11.4 Å². The first kappa shape index (κ1) is 12.5. The Morgan fingerprint density at radius 3 is 2.85 bits per heavy atom. The van der Waals surface area contributed by atoms with E-state index in [1.165, 1.54) is 10.8 Å². The number of thiophene rings is 1. The van der Waals surface area contributed by atoms with Gasteiger partial charge >= 0.3 is 5.97 Å². The zero-order valence-corrected chi connectivity index (χ0v) is 11.3. The van der Waals surface area contributed by atoms with E-state index in [1.807, 2.05) is 29.6 Å². The third kappa shape index (κ3) is 2.19. The van der Waals surface area contributed by atoms with Gasteiger partial charge in [0, 0.05) is 10.4 Å². The highest BCUT2D eigenvalue weighted by molar-refractivity contribution is 7.17. The van der Waals surface area contributed by atoms with Gasteiger partial charge in [0.1, 0.15) is 0 Å². The van der Waals surface area contributed by atoms with Crippen LogP contribution in [-0.4, -0.2) is 11.1 Å². The Morgan fingerprint density at radius 1 is 1.20 bits per heavy atom. The van der Waals surface area contributed by atoms with Crippen molar-refractivity contribution in [2.24, 2.45) is 0 Å². The van der Waals surface area contributed by atoms with Crippen molar-refractivity contribution in [3.8, 4) is 0 Å². The van der Waals surface area contributed by atoms with Crippen LogP contribution in [0.5, 0.6) is 0 Å². The third-order valence-electron chi connectivity index (χ3n) is 3.05. The van der Waals surface area contributed by atoms with Gasteiger partial charge in [0.2, 0.25) is 0 Å². The molecule has 0 bridgehead atoms. The Labute approximate surface area is 119 Å². The predicted octanol–water partition coefficient (Wildman–Crippen LogP) is 3.93. The van der Waals surface area contributed by atoms with Crippen LogP contribution in [0.2, 0.25) is 0 Å². The van der Waals surface area contributed by atoms with E-state index in [2.05, 4.69) is 5.32 Å². The van der Waals surface area contributed by atoms with Crippen molar-refractivity contribution in [3.05, 3.63) is 53.4 Å². The molecule has 4 nitrogen and oxygen atoms in total. The molecule has 2 aromatic carbocycles. The Kier molecular flexibility index (Phi) is 3.04. The Morgan fingerprint density at radius 2 is 2.05 bits per heavy atom. The molecular weight excluding hydrogens is 272 g/mol. The molecule has 0 saturated carbocycles. The van der Waals surface area contributed by atoms with Crippen molar-refractivity contribution in [1.82, 2.24) is 0 Å². The quantitative estimate of drug-likeness (QED) is 0.637. The fourth-order valence-corrected chi connectivity index (χ4v) is 2.85. The summed E-state index contributed by atoms with van der Waals surface area (Å²) in [4.78, 5) is 11.2. The predicted molar refractivity (Wildman–Crippen MR) is 82.9 cm³/mol. The van der Waals surface area contributed by atoms with E-state index in [0.717, 1.165) is 11.1 Å². The van der Waals surface area contributed by atoms with Gasteiger partial charge in [-0.3, -0.25) is 0 Å². The second kappa shape index (κ2) is 4.86.